The van der Waals surface area contributed by atoms with Gasteiger partial charge in [0.15, 0.2) is 0 Å². The third kappa shape index (κ3) is 2.41. The molecule has 136 valence electrons. The Bertz CT molecular complexity index is 1010. The first-order valence-electron chi connectivity index (χ1n) is 9.70. The number of benzene rings is 1. The minimum Gasteiger partial charge on any atom is -0.357 e. The van der Waals surface area contributed by atoms with Gasteiger partial charge in [0.05, 0.1) is 5.69 Å². The predicted molar refractivity (Wildman–Crippen MR) is 105 cm³/mol. The van der Waals surface area contributed by atoms with Gasteiger partial charge in [0.1, 0.15) is 17.5 Å². The average molecular weight is 378 g/mol. The summed E-state index contributed by atoms with van der Waals surface area (Å²) in [5.74, 6) is 4.88. The van der Waals surface area contributed by atoms with E-state index in [0.29, 0.717) is 17.8 Å². The Morgan fingerprint density at radius 2 is 1.81 bits per heavy atom. The number of piperidine rings is 1. The maximum atomic E-state index is 6.27. The summed E-state index contributed by atoms with van der Waals surface area (Å²) in [6.07, 6.45) is 5.19. The van der Waals surface area contributed by atoms with Gasteiger partial charge in [0.25, 0.3) is 0 Å². The van der Waals surface area contributed by atoms with Crippen LogP contribution in [-0.4, -0.2) is 32.8 Å². The van der Waals surface area contributed by atoms with Crippen LogP contribution in [0.5, 0.6) is 0 Å². The standard InChI is InChI=1S/C21H20ClN5/c22-14-4-5-18-16(11-14)15-12-17(15)21-25-24-20(27(18)21)13-6-9-26(10-7-13)19-3-1-2-8-23-19/h1-5,8,11,13,15,17H,6-7,9-10,12H2. The van der Waals surface area contributed by atoms with Crippen LogP contribution in [0.1, 0.15) is 54.2 Å². The van der Waals surface area contributed by atoms with Crippen LogP contribution in [0.25, 0.3) is 5.69 Å². The molecule has 0 bridgehead atoms. The molecule has 4 heterocycles. The molecule has 3 aromatic rings. The first kappa shape index (κ1) is 15.6. The smallest absolute Gasteiger partial charge is 0.141 e. The van der Waals surface area contributed by atoms with Gasteiger partial charge in [-0.1, -0.05) is 17.7 Å². The molecule has 2 unspecified atom stereocenters. The van der Waals surface area contributed by atoms with E-state index in [1.807, 2.05) is 18.3 Å². The van der Waals surface area contributed by atoms with Gasteiger partial charge < -0.3 is 4.90 Å². The highest BCUT2D eigenvalue weighted by Gasteiger charge is 2.49. The zero-order valence-electron chi connectivity index (χ0n) is 14.9. The fourth-order valence-electron chi connectivity index (χ4n) is 4.82. The zero-order chi connectivity index (χ0) is 18.0. The van der Waals surface area contributed by atoms with Crippen LogP contribution in [0.15, 0.2) is 42.6 Å². The second-order valence-corrected chi connectivity index (χ2v) is 8.29. The van der Waals surface area contributed by atoms with E-state index in [2.05, 4.69) is 48.9 Å². The molecule has 2 atom stereocenters. The first-order valence-corrected chi connectivity index (χ1v) is 10.1. The largest absolute Gasteiger partial charge is 0.357 e. The summed E-state index contributed by atoms with van der Waals surface area (Å²) >= 11 is 6.27. The van der Waals surface area contributed by atoms with E-state index in [9.17, 15) is 0 Å². The van der Waals surface area contributed by atoms with Gasteiger partial charge in [0, 0.05) is 36.1 Å². The van der Waals surface area contributed by atoms with Gasteiger partial charge in [-0.25, -0.2) is 4.98 Å². The zero-order valence-corrected chi connectivity index (χ0v) is 15.7. The van der Waals surface area contributed by atoms with Gasteiger partial charge in [-0.15, -0.1) is 10.2 Å². The Hall–Kier alpha value is -2.40. The van der Waals surface area contributed by atoms with Gasteiger partial charge >= 0.3 is 0 Å². The monoisotopic (exact) mass is 377 g/mol. The molecule has 2 fully saturated rings. The second kappa shape index (κ2) is 5.80. The van der Waals surface area contributed by atoms with E-state index in [0.717, 1.165) is 48.4 Å². The van der Waals surface area contributed by atoms with Crippen molar-refractivity contribution < 1.29 is 0 Å². The molecule has 2 aromatic heterocycles. The molecule has 3 aliphatic rings. The van der Waals surface area contributed by atoms with Crippen molar-refractivity contribution in [1.29, 1.82) is 0 Å². The van der Waals surface area contributed by atoms with Crippen molar-refractivity contribution in [2.75, 3.05) is 18.0 Å². The summed E-state index contributed by atoms with van der Waals surface area (Å²) in [7, 11) is 0. The quantitative estimate of drug-likeness (QED) is 0.668. The molecule has 0 radical (unpaired) electrons. The highest BCUT2D eigenvalue weighted by molar-refractivity contribution is 6.30. The molecule has 6 heteroatoms. The number of hydrogen-bond donors (Lipinski definition) is 0. The number of pyridine rings is 1. The summed E-state index contributed by atoms with van der Waals surface area (Å²) in [5, 5.41) is 10.1. The Balaban J connectivity index is 1.32. The highest BCUT2D eigenvalue weighted by Crippen LogP contribution is 2.59. The van der Waals surface area contributed by atoms with Gasteiger partial charge in [-0.2, -0.15) is 0 Å². The minimum atomic E-state index is 0.435. The van der Waals surface area contributed by atoms with Crippen LogP contribution in [0.4, 0.5) is 5.82 Å². The molecule has 1 saturated carbocycles. The fraction of sp³-hybridized carbons (Fsp3) is 0.381. The maximum Gasteiger partial charge on any atom is 0.141 e. The van der Waals surface area contributed by atoms with Crippen molar-refractivity contribution in [2.24, 2.45) is 0 Å². The summed E-state index contributed by atoms with van der Waals surface area (Å²) < 4.78 is 2.33. The van der Waals surface area contributed by atoms with E-state index >= 15 is 0 Å². The molecule has 6 rings (SSSR count). The van der Waals surface area contributed by atoms with Crippen molar-refractivity contribution in [3.63, 3.8) is 0 Å². The molecular weight excluding hydrogens is 358 g/mol. The number of aromatic nitrogens is 4. The number of fused-ring (bicyclic) bond motifs is 6. The molecule has 1 saturated heterocycles. The summed E-state index contributed by atoms with van der Waals surface area (Å²) in [4.78, 5) is 6.86. The molecule has 2 aliphatic heterocycles. The lowest BCUT2D eigenvalue weighted by atomic mass is 9.94. The maximum absolute atomic E-state index is 6.27. The first-order chi connectivity index (χ1) is 13.3. The van der Waals surface area contributed by atoms with E-state index < -0.39 is 0 Å². The van der Waals surface area contributed by atoms with Crippen LogP contribution < -0.4 is 4.90 Å². The average Bonchev–Trinajstić information content (AvgIpc) is 3.41. The molecule has 5 nitrogen and oxygen atoms in total. The van der Waals surface area contributed by atoms with Crippen LogP contribution in [0.2, 0.25) is 5.02 Å². The molecule has 0 spiro atoms. The van der Waals surface area contributed by atoms with Crippen molar-refractivity contribution in [1.82, 2.24) is 19.7 Å². The van der Waals surface area contributed by atoms with E-state index in [-0.39, 0.29) is 0 Å². The lowest BCUT2D eigenvalue weighted by Crippen LogP contribution is -2.34. The van der Waals surface area contributed by atoms with Crippen LogP contribution >= 0.6 is 11.6 Å². The number of rotatable bonds is 2. The van der Waals surface area contributed by atoms with Crippen LogP contribution in [0.3, 0.4) is 0 Å². The predicted octanol–water partition coefficient (Wildman–Crippen LogP) is 4.28. The Labute approximate surface area is 163 Å². The van der Waals surface area contributed by atoms with Crippen molar-refractivity contribution >= 4 is 17.4 Å². The Kier molecular flexibility index (Phi) is 3.36. The number of anilines is 1. The molecular formula is C21H20ClN5. The van der Waals surface area contributed by atoms with Crippen molar-refractivity contribution in [2.45, 2.75) is 37.0 Å². The molecule has 0 N–H and O–H groups in total. The lowest BCUT2D eigenvalue weighted by molar-refractivity contribution is 0.476. The molecule has 1 aliphatic carbocycles. The molecule has 0 amide bonds. The molecule has 27 heavy (non-hydrogen) atoms. The Morgan fingerprint density at radius 1 is 0.963 bits per heavy atom. The van der Waals surface area contributed by atoms with E-state index in [1.54, 1.807) is 0 Å². The van der Waals surface area contributed by atoms with E-state index in [4.69, 9.17) is 11.6 Å². The number of nitrogens with zero attached hydrogens (tertiary/aromatic N) is 5. The summed E-state index contributed by atoms with van der Waals surface area (Å²) in [6.45, 7) is 2.01. The van der Waals surface area contributed by atoms with Crippen molar-refractivity contribution in [3.8, 4) is 5.69 Å². The fourth-order valence-corrected chi connectivity index (χ4v) is 5.00. The van der Waals surface area contributed by atoms with Crippen LogP contribution in [-0.2, 0) is 0 Å². The summed E-state index contributed by atoms with van der Waals surface area (Å²) in [5.41, 5.74) is 2.60. The minimum absolute atomic E-state index is 0.435. The topological polar surface area (TPSA) is 46.8 Å². The van der Waals surface area contributed by atoms with Crippen molar-refractivity contribution in [3.05, 3.63) is 64.8 Å². The third-order valence-corrected chi connectivity index (χ3v) is 6.53. The molecule has 1 aromatic carbocycles. The highest BCUT2D eigenvalue weighted by atomic mass is 35.5. The van der Waals surface area contributed by atoms with Gasteiger partial charge in [-0.05, 0) is 61.1 Å². The number of halogens is 1. The normalized spacial score (nSPS) is 23.5. The SMILES string of the molecule is Clc1ccc2c(c1)C1CC1c1nnc(C3CCN(c4ccccn4)CC3)n1-2. The van der Waals surface area contributed by atoms with Gasteiger partial charge in [0.2, 0.25) is 0 Å². The van der Waals surface area contributed by atoms with Gasteiger partial charge in [-0.3, -0.25) is 4.57 Å². The third-order valence-electron chi connectivity index (χ3n) is 6.30. The Morgan fingerprint density at radius 3 is 2.63 bits per heavy atom. The summed E-state index contributed by atoms with van der Waals surface area (Å²) in [6, 6.07) is 12.4. The second-order valence-electron chi connectivity index (χ2n) is 7.85. The van der Waals surface area contributed by atoms with E-state index in [1.165, 1.54) is 17.7 Å². The number of hydrogen-bond acceptors (Lipinski definition) is 4. The lowest BCUT2D eigenvalue weighted by Gasteiger charge is -2.33. The van der Waals surface area contributed by atoms with Crippen LogP contribution in [0, 0.1) is 0 Å².